The molecule has 1 N–H and O–H groups in total. The van der Waals surface area contributed by atoms with Crippen LogP contribution in [-0.2, 0) is 4.79 Å². The normalized spacial score (nSPS) is 30.1. The summed E-state index contributed by atoms with van der Waals surface area (Å²) in [6.45, 7) is 4.65. The van der Waals surface area contributed by atoms with Gasteiger partial charge in [-0.15, -0.1) is 0 Å². The van der Waals surface area contributed by atoms with Gasteiger partial charge in [0.15, 0.2) is 0 Å². The smallest absolute Gasteiger partial charge is 0.234 e. The maximum absolute atomic E-state index is 12.3. The van der Waals surface area contributed by atoms with Crippen LogP contribution in [0, 0.1) is 5.92 Å². The molecule has 1 aromatic rings. The molecule has 3 rings (SSSR count). The summed E-state index contributed by atoms with van der Waals surface area (Å²) in [5.41, 5.74) is 0. The van der Waals surface area contributed by atoms with Gasteiger partial charge in [0, 0.05) is 12.6 Å². The van der Waals surface area contributed by atoms with Crippen molar-refractivity contribution in [2.75, 3.05) is 19.6 Å². The first kappa shape index (κ1) is 15.5. The van der Waals surface area contributed by atoms with Crippen molar-refractivity contribution in [2.45, 2.75) is 57.5 Å². The van der Waals surface area contributed by atoms with Gasteiger partial charge in [0.1, 0.15) is 12.7 Å². The summed E-state index contributed by atoms with van der Waals surface area (Å²) in [5.74, 6) is 0.792. The SMILES string of the molecule is CC1CCCCC1NC(=O)CN1CCCC(n2cncn2)C1. The fraction of sp³-hybridized carbons (Fsp3) is 0.812. The third kappa shape index (κ3) is 3.85. The second kappa shape index (κ2) is 7.22. The van der Waals surface area contributed by atoms with E-state index in [9.17, 15) is 4.79 Å². The molecule has 1 aromatic heterocycles. The van der Waals surface area contributed by atoms with E-state index in [2.05, 4.69) is 27.2 Å². The van der Waals surface area contributed by atoms with Crippen LogP contribution in [0.2, 0.25) is 0 Å². The number of carbonyl (C=O) groups is 1. The summed E-state index contributed by atoms with van der Waals surface area (Å²) in [7, 11) is 0. The number of carbonyl (C=O) groups excluding carboxylic acids is 1. The molecule has 1 amide bonds. The molecule has 2 aliphatic rings. The van der Waals surface area contributed by atoms with Crippen molar-refractivity contribution < 1.29 is 4.79 Å². The Bertz CT molecular complexity index is 475. The van der Waals surface area contributed by atoms with E-state index in [0.29, 0.717) is 24.5 Å². The Morgan fingerprint density at radius 1 is 1.27 bits per heavy atom. The van der Waals surface area contributed by atoms with Crippen molar-refractivity contribution in [2.24, 2.45) is 5.92 Å². The number of aromatic nitrogens is 3. The molecular formula is C16H27N5O. The summed E-state index contributed by atoms with van der Waals surface area (Å²) in [4.78, 5) is 18.6. The van der Waals surface area contributed by atoms with E-state index in [-0.39, 0.29) is 5.91 Å². The van der Waals surface area contributed by atoms with E-state index in [1.54, 1.807) is 12.7 Å². The summed E-state index contributed by atoms with van der Waals surface area (Å²) < 4.78 is 1.92. The molecule has 3 atom stereocenters. The predicted octanol–water partition coefficient (Wildman–Crippen LogP) is 1.61. The fourth-order valence-corrected chi connectivity index (χ4v) is 3.78. The Labute approximate surface area is 132 Å². The van der Waals surface area contributed by atoms with Crippen LogP contribution in [0.5, 0.6) is 0 Å². The quantitative estimate of drug-likeness (QED) is 0.918. The summed E-state index contributed by atoms with van der Waals surface area (Å²) in [6, 6.07) is 0.717. The highest BCUT2D eigenvalue weighted by Crippen LogP contribution is 2.24. The molecule has 2 fully saturated rings. The third-order valence-electron chi connectivity index (χ3n) is 5.12. The maximum Gasteiger partial charge on any atom is 0.234 e. The van der Waals surface area contributed by atoms with Crippen molar-refractivity contribution in [3.05, 3.63) is 12.7 Å². The van der Waals surface area contributed by atoms with Crippen molar-refractivity contribution >= 4 is 5.91 Å². The van der Waals surface area contributed by atoms with Crippen LogP contribution in [0.25, 0.3) is 0 Å². The van der Waals surface area contributed by atoms with Crippen molar-refractivity contribution in [1.29, 1.82) is 0 Å². The zero-order valence-corrected chi connectivity index (χ0v) is 13.4. The maximum atomic E-state index is 12.3. The minimum absolute atomic E-state index is 0.179. The largest absolute Gasteiger partial charge is 0.352 e. The van der Waals surface area contributed by atoms with E-state index in [1.807, 2.05) is 4.68 Å². The van der Waals surface area contributed by atoms with Crippen molar-refractivity contribution in [3.8, 4) is 0 Å². The molecule has 1 aliphatic carbocycles. The van der Waals surface area contributed by atoms with Gasteiger partial charge in [0.2, 0.25) is 5.91 Å². The van der Waals surface area contributed by atoms with E-state index in [4.69, 9.17) is 0 Å². The van der Waals surface area contributed by atoms with Gasteiger partial charge in [-0.05, 0) is 38.1 Å². The zero-order valence-electron chi connectivity index (χ0n) is 13.4. The number of likely N-dealkylation sites (tertiary alicyclic amines) is 1. The van der Waals surface area contributed by atoms with E-state index < -0.39 is 0 Å². The number of piperidine rings is 1. The van der Waals surface area contributed by atoms with Crippen LogP contribution in [0.15, 0.2) is 12.7 Å². The highest BCUT2D eigenvalue weighted by molar-refractivity contribution is 5.78. The van der Waals surface area contributed by atoms with Crippen molar-refractivity contribution in [3.63, 3.8) is 0 Å². The van der Waals surface area contributed by atoms with Gasteiger partial charge >= 0.3 is 0 Å². The average Bonchev–Trinajstić information content (AvgIpc) is 3.04. The molecule has 2 heterocycles. The fourth-order valence-electron chi connectivity index (χ4n) is 3.78. The number of hydrogen-bond acceptors (Lipinski definition) is 4. The number of nitrogens with one attached hydrogen (secondary N) is 1. The van der Waals surface area contributed by atoms with Gasteiger partial charge in [-0.3, -0.25) is 9.69 Å². The molecule has 6 heteroatoms. The van der Waals surface area contributed by atoms with Crippen LogP contribution in [0.3, 0.4) is 0 Å². The van der Waals surface area contributed by atoms with Gasteiger partial charge in [-0.25, -0.2) is 9.67 Å². The number of amides is 1. The Hall–Kier alpha value is -1.43. The zero-order chi connectivity index (χ0) is 15.4. The molecule has 122 valence electrons. The average molecular weight is 305 g/mol. The topological polar surface area (TPSA) is 63.1 Å². The molecule has 6 nitrogen and oxygen atoms in total. The molecule has 22 heavy (non-hydrogen) atoms. The Balaban J connectivity index is 1.48. The van der Waals surface area contributed by atoms with Crippen LogP contribution < -0.4 is 5.32 Å². The third-order valence-corrected chi connectivity index (χ3v) is 5.12. The molecule has 3 unspecified atom stereocenters. The van der Waals surface area contributed by atoms with Crippen LogP contribution in [0.4, 0.5) is 0 Å². The van der Waals surface area contributed by atoms with Gasteiger partial charge in [0.05, 0.1) is 12.6 Å². The highest BCUT2D eigenvalue weighted by Gasteiger charge is 2.26. The van der Waals surface area contributed by atoms with Crippen molar-refractivity contribution in [1.82, 2.24) is 25.0 Å². The lowest BCUT2D eigenvalue weighted by Gasteiger charge is -2.34. The lowest BCUT2D eigenvalue weighted by atomic mass is 9.86. The number of rotatable bonds is 4. The standard InChI is InChI=1S/C16H27N5O/c1-13-5-2-3-7-15(13)19-16(22)10-20-8-4-6-14(9-20)21-12-17-11-18-21/h11-15H,2-10H2,1H3,(H,19,22). The van der Waals surface area contributed by atoms with Gasteiger partial charge in [-0.1, -0.05) is 19.8 Å². The van der Waals surface area contributed by atoms with E-state index in [1.165, 1.54) is 19.3 Å². The molecule has 0 radical (unpaired) electrons. The molecule has 1 aliphatic heterocycles. The first-order chi connectivity index (χ1) is 10.7. The van der Waals surface area contributed by atoms with Gasteiger partial charge in [-0.2, -0.15) is 5.10 Å². The lowest BCUT2D eigenvalue weighted by Crippen LogP contribution is -2.47. The molecular weight excluding hydrogens is 278 g/mol. The van der Waals surface area contributed by atoms with Gasteiger partial charge < -0.3 is 5.32 Å². The molecule has 1 saturated heterocycles. The van der Waals surface area contributed by atoms with E-state index >= 15 is 0 Å². The molecule has 1 saturated carbocycles. The highest BCUT2D eigenvalue weighted by atomic mass is 16.2. The second-order valence-corrected chi connectivity index (χ2v) is 6.84. The summed E-state index contributed by atoms with van der Waals surface area (Å²) in [6.07, 6.45) is 10.5. The van der Waals surface area contributed by atoms with Gasteiger partial charge in [0.25, 0.3) is 0 Å². The van der Waals surface area contributed by atoms with Crippen LogP contribution >= 0.6 is 0 Å². The van der Waals surface area contributed by atoms with E-state index in [0.717, 1.165) is 32.4 Å². The summed E-state index contributed by atoms with van der Waals surface area (Å²) in [5, 5.41) is 7.49. The predicted molar refractivity (Wildman–Crippen MR) is 84.3 cm³/mol. The Morgan fingerprint density at radius 3 is 2.91 bits per heavy atom. The first-order valence-electron chi connectivity index (χ1n) is 8.58. The Morgan fingerprint density at radius 2 is 2.14 bits per heavy atom. The van der Waals surface area contributed by atoms with Crippen LogP contribution in [0.1, 0.15) is 51.5 Å². The molecule has 0 bridgehead atoms. The molecule has 0 spiro atoms. The minimum atomic E-state index is 0.179. The number of nitrogens with zero attached hydrogens (tertiary/aromatic N) is 4. The lowest BCUT2D eigenvalue weighted by molar-refractivity contribution is -0.123. The summed E-state index contributed by atoms with van der Waals surface area (Å²) >= 11 is 0. The van der Waals surface area contributed by atoms with Crippen LogP contribution in [-0.4, -0.2) is 51.2 Å². The minimum Gasteiger partial charge on any atom is -0.352 e. The molecule has 0 aromatic carbocycles. The second-order valence-electron chi connectivity index (χ2n) is 6.84. The monoisotopic (exact) mass is 305 g/mol. The number of hydrogen-bond donors (Lipinski definition) is 1. The first-order valence-corrected chi connectivity index (χ1v) is 8.58. The Kier molecular flexibility index (Phi) is 5.08.